The molecule has 34 heavy (non-hydrogen) atoms. The second-order valence-corrected chi connectivity index (χ2v) is 8.93. The van der Waals surface area contributed by atoms with Gasteiger partial charge in [0.05, 0.1) is 11.8 Å². The third-order valence-electron chi connectivity index (χ3n) is 5.68. The molecule has 0 bridgehead atoms. The van der Waals surface area contributed by atoms with Gasteiger partial charge in [-0.3, -0.25) is 9.59 Å². The monoisotopic (exact) mass is 515 g/mol. The summed E-state index contributed by atoms with van der Waals surface area (Å²) in [6, 6.07) is 25.9. The number of benzene rings is 4. The van der Waals surface area contributed by atoms with Gasteiger partial charge in [0.1, 0.15) is 0 Å². The summed E-state index contributed by atoms with van der Waals surface area (Å²) >= 11 is 3.39. The van der Waals surface area contributed by atoms with E-state index in [1.54, 1.807) is 12.3 Å². The molecule has 2 N–H and O–H groups in total. The highest BCUT2D eigenvalue weighted by Crippen LogP contribution is 2.27. The van der Waals surface area contributed by atoms with Gasteiger partial charge >= 0.3 is 0 Å². The smallest absolute Gasteiger partial charge is 0.252 e. The zero-order valence-electron chi connectivity index (χ0n) is 18.8. The van der Waals surface area contributed by atoms with Crippen molar-refractivity contribution in [2.45, 2.75) is 25.7 Å². The maximum absolute atomic E-state index is 12.2. The first-order valence-corrected chi connectivity index (χ1v) is 12.2. The molecule has 0 heterocycles. The molecule has 4 aromatic rings. The average molecular weight is 516 g/mol. The molecular formula is C28H26BrN3O2. The van der Waals surface area contributed by atoms with Crippen LogP contribution in [0.5, 0.6) is 0 Å². The Labute approximate surface area is 207 Å². The largest absolute Gasteiger partial charge is 0.352 e. The molecule has 6 heteroatoms. The fraction of sp³-hybridized carbons (Fsp3) is 0.179. The highest BCUT2D eigenvalue weighted by Gasteiger charge is 2.08. The Bertz CT molecular complexity index is 1300. The summed E-state index contributed by atoms with van der Waals surface area (Å²) in [5, 5.41) is 11.6. The lowest BCUT2D eigenvalue weighted by Gasteiger charge is -2.08. The second kappa shape index (κ2) is 11.6. The number of fused-ring (bicyclic) bond motifs is 2. The molecule has 0 saturated heterocycles. The lowest BCUT2D eigenvalue weighted by atomic mass is 9.97. The molecule has 0 aliphatic carbocycles. The lowest BCUT2D eigenvalue weighted by molar-refractivity contribution is -0.121. The molecule has 5 nitrogen and oxygen atoms in total. The maximum atomic E-state index is 12.2. The predicted molar refractivity (Wildman–Crippen MR) is 142 cm³/mol. The fourth-order valence-electron chi connectivity index (χ4n) is 3.94. The molecule has 0 radical (unpaired) electrons. The Morgan fingerprint density at radius 1 is 0.824 bits per heavy atom. The van der Waals surface area contributed by atoms with E-state index in [2.05, 4.69) is 62.1 Å². The molecule has 0 fully saturated rings. The zero-order valence-corrected chi connectivity index (χ0v) is 20.3. The minimum atomic E-state index is -0.113. The minimum absolute atomic E-state index is 0.0967. The summed E-state index contributed by atoms with van der Waals surface area (Å²) in [4.78, 5) is 24.4. The number of halogens is 1. The maximum Gasteiger partial charge on any atom is 0.252 e. The molecule has 2 amide bonds. The number of carbonyl (C=O) groups excluding carboxylic acids is 2. The van der Waals surface area contributed by atoms with Crippen LogP contribution in [-0.2, 0) is 4.79 Å². The first kappa shape index (κ1) is 23.6. The Kier molecular flexibility index (Phi) is 8.04. The van der Waals surface area contributed by atoms with Gasteiger partial charge in [0.15, 0.2) is 0 Å². The van der Waals surface area contributed by atoms with E-state index >= 15 is 0 Å². The van der Waals surface area contributed by atoms with Crippen LogP contribution in [0.25, 0.3) is 21.5 Å². The van der Waals surface area contributed by atoms with Crippen LogP contribution in [0, 0.1) is 0 Å². The zero-order chi connectivity index (χ0) is 23.8. The van der Waals surface area contributed by atoms with Crippen molar-refractivity contribution in [3.05, 3.63) is 94.5 Å². The first-order chi connectivity index (χ1) is 16.6. The van der Waals surface area contributed by atoms with Crippen LogP contribution < -0.4 is 10.7 Å². The van der Waals surface area contributed by atoms with Gasteiger partial charge in [0, 0.05) is 23.0 Å². The van der Waals surface area contributed by atoms with Gasteiger partial charge in [-0.2, -0.15) is 5.10 Å². The fourth-order valence-corrected chi connectivity index (χ4v) is 4.41. The van der Waals surface area contributed by atoms with Crippen LogP contribution in [0.4, 0.5) is 0 Å². The van der Waals surface area contributed by atoms with Crippen molar-refractivity contribution in [1.82, 2.24) is 10.7 Å². The standard InChI is InChI=1S/C28H26BrN3O2/c29-26-15-8-7-14-24(26)28(34)30-17-9-1-2-16-27(33)32-31-19-25-22-12-5-3-10-20(22)18-21-11-4-6-13-23(21)25/h3-8,10-15,18-19H,1-2,9,16-17H2,(H,30,34)(H,32,33). The highest BCUT2D eigenvalue weighted by molar-refractivity contribution is 9.10. The van der Waals surface area contributed by atoms with Gasteiger partial charge in [-0.25, -0.2) is 5.43 Å². The topological polar surface area (TPSA) is 70.6 Å². The van der Waals surface area contributed by atoms with Crippen LogP contribution in [-0.4, -0.2) is 24.6 Å². The van der Waals surface area contributed by atoms with E-state index in [1.165, 1.54) is 0 Å². The Morgan fingerprint density at radius 3 is 2.18 bits per heavy atom. The Balaban J connectivity index is 1.24. The number of rotatable bonds is 9. The summed E-state index contributed by atoms with van der Waals surface area (Å²) in [6.45, 7) is 0.577. The summed E-state index contributed by atoms with van der Waals surface area (Å²) < 4.78 is 0.779. The Morgan fingerprint density at radius 2 is 1.47 bits per heavy atom. The summed E-state index contributed by atoms with van der Waals surface area (Å²) in [6.07, 6.45) is 4.53. The molecular weight excluding hydrogens is 490 g/mol. The molecule has 0 aliphatic rings. The minimum Gasteiger partial charge on any atom is -0.352 e. The highest BCUT2D eigenvalue weighted by atomic mass is 79.9. The molecule has 0 spiro atoms. The van der Waals surface area contributed by atoms with Gasteiger partial charge in [-0.15, -0.1) is 0 Å². The number of hydrogen-bond acceptors (Lipinski definition) is 3. The van der Waals surface area contributed by atoms with Crippen molar-refractivity contribution in [2.75, 3.05) is 6.54 Å². The van der Waals surface area contributed by atoms with Crippen molar-refractivity contribution < 1.29 is 9.59 Å². The van der Waals surface area contributed by atoms with E-state index in [0.717, 1.165) is 50.8 Å². The predicted octanol–water partition coefficient (Wildman–Crippen LogP) is 6.20. The average Bonchev–Trinajstić information content (AvgIpc) is 2.85. The molecule has 0 saturated carbocycles. The van der Waals surface area contributed by atoms with Crippen molar-refractivity contribution in [2.24, 2.45) is 5.10 Å². The number of nitrogens with one attached hydrogen (secondary N) is 2. The van der Waals surface area contributed by atoms with Crippen LogP contribution >= 0.6 is 15.9 Å². The van der Waals surface area contributed by atoms with Gasteiger partial charge in [-0.05, 0) is 68.5 Å². The molecule has 0 atom stereocenters. The molecule has 172 valence electrons. The van der Waals surface area contributed by atoms with Gasteiger partial charge < -0.3 is 5.32 Å². The SMILES string of the molecule is O=C(CCCCCNC(=O)c1ccccc1Br)NN=Cc1c2ccccc2cc2ccccc12. The number of hydrazone groups is 1. The van der Waals surface area contributed by atoms with E-state index in [1.807, 2.05) is 42.5 Å². The van der Waals surface area contributed by atoms with Gasteiger partial charge in [-0.1, -0.05) is 67.1 Å². The summed E-state index contributed by atoms with van der Waals surface area (Å²) in [5.41, 5.74) is 4.27. The van der Waals surface area contributed by atoms with E-state index in [-0.39, 0.29) is 11.8 Å². The van der Waals surface area contributed by atoms with Crippen molar-refractivity contribution in [3.63, 3.8) is 0 Å². The number of unbranched alkanes of at least 4 members (excludes halogenated alkanes) is 2. The lowest BCUT2D eigenvalue weighted by Crippen LogP contribution is -2.24. The molecule has 0 aromatic heterocycles. The summed E-state index contributed by atoms with van der Waals surface area (Å²) in [5.74, 6) is -0.210. The quantitative estimate of drug-likeness (QED) is 0.120. The van der Waals surface area contributed by atoms with Crippen molar-refractivity contribution in [1.29, 1.82) is 0 Å². The number of carbonyl (C=O) groups is 2. The number of hydrogen-bond donors (Lipinski definition) is 2. The van der Waals surface area contributed by atoms with Crippen molar-refractivity contribution >= 4 is 55.5 Å². The number of nitrogens with zero attached hydrogens (tertiary/aromatic N) is 1. The summed E-state index contributed by atoms with van der Waals surface area (Å²) in [7, 11) is 0. The normalized spacial score (nSPS) is 11.2. The van der Waals surface area contributed by atoms with Crippen LogP contribution in [0.15, 0.2) is 88.4 Å². The van der Waals surface area contributed by atoms with Crippen LogP contribution in [0.3, 0.4) is 0 Å². The van der Waals surface area contributed by atoms with E-state index in [9.17, 15) is 9.59 Å². The Hall–Kier alpha value is -3.51. The van der Waals surface area contributed by atoms with Crippen LogP contribution in [0.1, 0.15) is 41.6 Å². The van der Waals surface area contributed by atoms with Gasteiger partial charge in [0.2, 0.25) is 5.91 Å². The van der Waals surface area contributed by atoms with E-state index in [0.29, 0.717) is 18.5 Å². The number of amides is 2. The second-order valence-electron chi connectivity index (χ2n) is 8.07. The van der Waals surface area contributed by atoms with E-state index < -0.39 is 0 Å². The third-order valence-corrected chi connectivity index (χ3v) is 6.37. The molecule has 4 rings (SSSR count). The van der Waals surface area contributed by atoms with Crippen molar-refractivity contribution in [3.8, 4) is 0 Å². The van der Waals surface area contributed by atoms with E-state index in [4.69, 9.17) is 0 Å². The van der Waals surface area contributed by atoms with Crippen LogP contribution in [0.2, 0.25) is 0 Å². The third kappa shape index (κ3) is 5.88. The molecule has 0 aliphatic heterocycles. The molecule has 0 unspecified atom stereocenters. The molecule has 4 aromatic carbocycles. The first-order valence-electron chi connectivity index (χ1n) is 11.4. The van der Waals surface area contributed by atoms with Gasteiger partial charge in [0.25, 0.3) is 5.91 Å².